The zero-order valence-electron chi connectivity index (χ0n) is 21.7. The number of amides is 2. The summed E-state index contributed by atoms with van der Waals surface area (Å²) in [6, 6.07) is 17.5. The lowest BCUT2D eigenvalue weighted by Crippen LogP contribution is -2.38. The third-order valence-electron chi connectivity index (χ3n) is 6.75. The number of carbonyl (C=O) groups is 1. The van der Waals surface area contributed by atoms with Crippen LogP contribution in [0.5, 0.6) is 0 Å². The van der Waals surface area contributed by atoms with Gasteiger partial charge in [0, 0.05) is 18.8 Å². The zero-order valence-corrected chi connectivity index (χ0v) is 23.3. The molecule has 1 aliphatic carbocycles. The lowest BCUT2D eigenvalue weighted by atomic mass is 9.99. The number of carbonyl (C=O) groups excluding carboxylic acids is 1. The molecule has 2 aliphatic rings. The van der Waals surface area contributed by atoms with Crippen molar-refractivity contribution in [3.05, 3.63) is 100 Å². The highest BCUT2D eigenvalue weighted by Gasteiger charge is 2.29. The summed E-state index contributed by atoms with van der Waals surface area (Å²) in [6.45, 7) is 4.84. The average molecular weight is 567 g/mol. The van der Waals surface area contributed by atoms with Gasteiger partial charge in [-0.3, -0.25) is 4.72 Å². The molecular weight excluding hydrogens is 536 g/mol. The summed E-state index contributed by atoms with van der Waals surface area (Å²) >= 11 is 0. The molecule has 9 nitrogen and oxygen atoms in total. The molecule has 0 radical (unpaired) electrons. The fourth-order valence-corrected chi connectivity index (χ4v) is 6.49. The number of aryl methyl sites for hydroxylation is 2. The first-order valence-electron chi connectivity index (χ1n) is 12.6. The van der Waals surface area contributed by atoms with Crippen LogP contribution in [0.3, 0.4) is 0 Å². The molecule has 0 atom stereocenters. The highest BCUT2D eigenvalue weighted by atomic mass is 32.2. The van der Waals surface area contributed by atoms with Crippen LogP contribution in [0.1, 0.15) is 35.1 Å². The SMILES string of the molecule is Cc1ccc(S(=O)(=O)NC(=O)Nc2ccc3c(c2)CN(C(NS(=O)(=O)c2ccc(C)cc2)=C2CC2)CC3)cc1. The van der Waals surface area contributed by atoms with Crippen molar-refractivity contribution < 1.29 is 21.6 Å². The van der Waals surface area contributed by atoms with Gasteiger partial charge in [0.05, 0.1) is 9.79 Å². The van der Waals surface area contributed by atoms with Crippen molar-refractivity contribution in [1.82, 2.24) is 14.3 Å². The first kappa shape index (κ1) is 26.8. The lowest BCUT2D eigenvalue weighted by Gasteiger charge is -2.33. The summed E-state index contributed by atoms with van der Waals surface area (Å²) in [4.78, 5) is 14.7. The number of benzene rings is 3. The van der Waals surface area contributed by atoms with E-state index in [0.29, 0.717) is 31.0 Å². The summed E-state index contributed by atoms with van der Waals surface area (Å²) in [5, 5.41) is 2.60. The van der Waals surface area contributed by atoms with Crippen molar-refractivity contribution in [2.75, 3.05) is 11.9 Å². The Kier molecular flexibility index (Phi) is 7.13. The lowest BCUT2D eigenvalue weighted by molar-refractivity contribution is 0.256. The molecule has 3 aromatic carbocycles. The number of rotatable bonds is 7. The van der Waals surface area contributed by atoms with Crippen LogP contribution in [0, 0.1) is 13.8 Å². The second-order valence-electron chi connectivity index (χ2n) is 9.90. The first-order valence-corrected chi connectivity index (χ1v) is 15.6. The largest absolute Gasteiger partial charge is 0.353 e. The standard InChI is InChI=1S/C28H30N4O5S2/c1-19-3-11-25(12-4-19)38(34,35)30-27(22-7-8-22)32-16-15-21-9-10-24(17-23(21)18-32)29-28(33)31-39(36,37)26-13-5-20(2)6-14-26/h3-6,9-14,17,30H,7-8,15-16,18H2,1-2H3,(H2,29,31,33). The molecule has 5 rings (SSSR count). The second-order valence-corrected chi connectivity index (χ2v) is 13.3. The summed E-state index contributed by atoms with van der Waals surface area (Å²) in [5.41, 5.74) is 5.40. The van der Waals surface area contributed by atoms with Crippen LogP contribution in [0.4, 0.5) is 10.5 Å². The van der Waals surface area contributed by atoms with Crippen LogP contribution in [-0.2, 0) is 33.0 Å². The van der Waals surface area contributed by atoms with Crippen LogP contribution in [0.2, 0.25) is 0 Å². The van der Waals surface area contributed by atoms with E-state index >= 15 is 0 Å². The van der Waals surface area contributed by atoms with Gasteiger partial charge < -0.3 is 10.2 Å². The Morgan fingerprint density at radius 1 is 0.718 bits per heavy atom. The molecule has 0 unspecified atom stereocenters. The Labute approximate surface area is 229 Å². The van der Waals surface area contributed by atoms with E-state index in [1.807, 2.05) is 29.5 Å². The van der Waals surface area contributed by atoms with Gasteiger partial charge in [0.2, 0.25) is 0 Å². The molecular formula is C28H30N4O5S2. The molecule has 2 amide bonds. The maximum Gasteiger partial charge on any atom is 0.333 e. The van der Waals surface area contributed by atoms with Crippen molar-refractivity contribution in [2.45, 2.75) is 49.4 Å². The Balaban J connectivity index is 1.29. The molecule has 204 valence electrons. The van der Waals surface area contributed by atoms with Crippen LogP contribution in [-0.4, -0.2) is 34.3 Å². The smallest absolute Gasteiger partial charge is 0.333 e. The molecule has 1 heterocycles. The molecule has 3 aromatic rings. The maximum atomic E-state index is 13.1. The minimum Gasteiger partial charge on any atom is -0.353 e. The first-order chi connectivity index (χ1) is 18.5. The van der Waals surface area contributed by atoms with Gasteiger partial charge in [-0.05, 0) is 86.2 Å². The minimum absolute atomic E-state index is 0.00179. The molecule has 1 fully saturated rings. The molecule has 11 heteroatoms. The van der Waals surface area contributed by atoms with Gasteiger partial charge in [-0.25, -0.2) is 26.4 Å². The van der Waals surface area contributed by atoms with Crippen molar-refractivity contribution in [1.29, 1.82) is 0 Å². The Hall–Kier alpha value is -3.83. The van der Waals surface area contributed by atoms with Gasteiger partial charge in [0.25, 0.3) is 20.0 Å². The minimum atomic E-state index is -4.02. The number of hydrogen-bond acceptors (Lipinski definition) is 6. The van der Waals surface area contributed by atoms with Gasteiger partial charge in [-0.1, -0.05) is 41.5 Å². The van der Waals surface area contributed by atoms with Gasteiger partial charge >= 0.3 is 6.03 Å². The van der Waals surface area contributed by atoms with Crippen molar-refractivity contribution >= 4 is 31.8 Å². The second kappa shape index (κ2) is 10.4. The number of anilines is 1. The van der Waals surface area contributed by atoms with Crippen LogP contribution in [0.15, 0.2) is 87.9 Å². The molecule has 1 saturated carbocycles. The number of sulfonamides is 2. The molecule has 0 bridgehead atoms. The third-order valence-corrected chi connectivity index (χ3v) is 9.45. The quantitative estimate of drug-likeness (QED) is 0.395. The summed E-state index contributed by atoms with van der Waals surface area (Å²) < 4.78 is 56.2. The van der Waals surface area contributed by atoms with Crippen molar-refractivity contribution in [3.8, 4) is 0 Å². The topological polar surface area (TPSA) is 125 Å². The third kappa shape index (κ3) is 6.26. The Morgan fingerprint density at radius 2 is 1.28 bits per heavy atom. The maximum absolute atomic E-state index is 13.1. The van der Waals surface area contributed by atoms with E-state index in [9.17, 15) is 21.6 Å². The predicted molar refractivity (Wildman–Crippen MR) is 149 cm³/mol. The molecule has 1 aliphatic heterocycles. The predicted octanol–water partition coefficient (Wildman–Crippen LogP) is 4.16. The Bertz CT molecular complexity index is 1660. The summed E-state index contributed by atoms with van der Waals surface area (Å²) in [6.07, 6.45) is 2.38. The number of hydrogen-bond donors (Lipinski definition) is 3. The fraction of sp³-hybridized carbons (Fsp3) is 0.250. The fourth-order valence-electron chi connectivity index (χ4n) is 4.44. The zero-order chi connectivity index (χ0) is 27.8. The number of allylic oxidation sites excluding steroid dienone is 1. The van der Waals surface area contributed by atoms with Crippen LogP contribution >= 0.6 is 0 Å². The van der Waals surface area contributed by atoms with Gasteiger partial charge in [0.1, 0.15) is 5.82 Å². The van der Waals surface area contributed by atoms with E-state index in [4.69, 9.17) is 0 Å². The van der Waals surface area contributed by atoms with Crippen molar-refractivity contribution in [3.63, 3.8) is 0 Å². The van der Waals surface area contributed by atoms with Crippen LogP contribution < -0.4 is 14.8 Å². The van der Waals surface area contributed by atoms with E-state index < -0.39 is 26.1 Å². The number of nitrogens with one attached hydrogen (secondary N) is 3. The van der Waals surface area contributed by atoms with E-state index in [0.717, 1.165) is 40.7 Å². The molecule has 0 aromatic heterocycles. The van der Waals surface area contributed by atoms with E-state index in [1.165, 1.54) is 12.1 Å². The van der Waals surface area contributed by atoms with Gasteiger partial charge in [-0.2, -0.15) is 0 Å². The van der Waals surface area contributed by atoms with E-state index in [-0.39, 0.29) is 9.79 Å². The molecule has 39 heavy (non-hydrogen) atoms. The number of nitrogens with zero attached hydrogens (tertiary/aromatic N) is 1. The monoisotopic (exact) mass is 566 g/mol. The van der Waals surface area contributed by atoms with Gasteiger partial charge in [0.15, 0.2) is 0 Å². The van der Waals surface area contributed by atoms with Gasteiger partial charge in [-0.15, -0.1) is 0 Å². The summed E-state index contributed by atoms with van der Waals surface area (Å²) in [7, 11) is -7.77. The van der Waals surface area contributed by atoms with E-state index in [1.54, 1.807) is 48.5 Å². The van der Waals surface area contributed by atoms with Crippen molar-refractivity contribution in [2.24, 2.45) is 0 Å². The number of fused-ring (bicyclic) bond motifs is 1. The summed E-state index contributed by atoms with van der Waals surface area (Å²) in [5.74, 6) is 0.613. The highest BCUT2D eigenvalue weighted by molar-refractivity contribution is 7.90. The van der Waals surface area contributed by atoms with E-state index in [2.05, 4.69) is 10.0 Å². The molecule has 3 N–H and O–H groups in total. The van der Waals surface area contributed by atoms with Crippen LogP contribution in [0.25, 0.3) is 0 Å². The molecule has 0 spiro atoms. The number of urea groups is 1. The Morgan fingerprint density at radius 3 is 1.85 bits per heavy atom. The normalized spacial score (nSPS) is 14.8. The average Bonchev–Trinajstić information content (AvgIpc) is 3.72. The highest BCUT2D eigenvalue weighted by Crippen LogP contribution is 2.35. The molecule has 0 saturated heterocycles.